The van der Waals surface area contributed by atoms with Crippen LogP contribution in [0.5, 0.6) is 5.75 Å². The molecular formula is C11H11NO2S2. The lowest BCUT2D eigenvalue weighted by Gasteiger charge is -2.14. The highest BCUT2D eigenvalue weighted by molar-refractivity contribution is 8.23. The van der Waals surface area contributed by atoms with Gasteiger partial charge in [-0.1, -0.05) is 24.0 Å². The van der Waals surface area contributed by atoms with Crippen molar-refractivity contribution in [1.82, 2.24) is 4.90 Å². The highest BCUT2D eigenvalue weighted by atomic mass is 32.2. The second-order valence-electron chi connectivity index (χ2n) is 3.30. The standard InChI is InChI=1S/C11H11NO2S2/c1-14-9-4-2-8(3-5-9)10(13)12-6-7-16-11(12)15/h2-5H,6-7H2,1H3. The summed E-state index contributed by atoms with van der Waals surface area (Å²) in [4.78, 5) is 13.7. The fourth-order valence-electron chi connectivity index (χ4n) is 1.47. The fourth-order valence-corrected chi connectivity index (χ4v) is 2.67. The molecule has 5 heteroatoms. The molecule has 16 heavy (non-hydrogen) atoms. The maximum absolute atomic E-state index is 12.0. The van der Waals surface area contributed by atoms with E-state index in [1.165, 1.54) is 0 Å². The van der Waals surface area contributed by atoms with Crippen LogP contribution in [0.2, 0.25) is 0 Å². The van der Waals surface area contributed by atoms with Crippen LogP contribution in [0, 0.1) is 0 Å². The van der Waals surface area contributed by atoms with E-state index in [2.05, 4.69) is 0 Å². The number of ether oxygens (including phenoxy) is 1. The average Bonchev–Trinajstić information content (AvgIpc) is 2.75. The number of rotatable bonds is 2. The molecule has 1 aliphatic heterocycles. The van der Waals surface area contributed by atoms with Crippen LogP contribution in [0.4, 0.5) is 0 Å². The van der Waals surface area contributed by atoms with E-state index in [1.54, 1.807) is 48.0 Å². The minimum Gasteiger partial charge on any atom is -0.497 e. The first-order chi connectivity index (χ1) is 7.72. The van der Waals surface area contributed by atoms with E-state index in [4.69, 9.17) is 17.0 Å². The first kappa shape index (κ1) is 11.4. The zero-order valence-electron chi connectivity index (χ0n) is 8.80. The smallest absolute Gasteiger partial charge is 0.259 e. The summed E-state index contributed by atoms with van der Waals surface area (Å²) in [6, 6.07) is 7.07. The number of thioether (sulfide) groups is 1. The van der Waals surface area contributed by atoms with Crippen molar-refractivity contribution < 1.29 is 9.53 Å². The maximum Gasteiger partial charge on any atom is 0.259 e. The van der Waals surface area contributed by atoms with E-state index in [9.17, 15) is 4.79 Å². The zero-order valence-corrected chi connectivity index (χ0v) is 10.4. The van der Waals surface area contributed by atoms with Crippen LogP contribution in [0.3, 0.4) is 0 Å². The topological polar surface area (TPSA) is 29.5 Å². The van der Waals surface area contributed by atoms with Gasteiger partial charge in [-0.25, -0.2) is 0 Å². The normalized spacial score (nSPS) is 15.3. The van der Waals surface area contributed by atoms with Gasteiger partial charge < -0.3 is 4.74 Å². The number of benzene rings is 1. The Balaban J connectivity index is 2.17. The molecule has 1 saturated heterocycles. The van der Waals surface area contributed by atoms with Gasteiger partial charge in [0, 0.05) is 17.9 Å². The van der Waals surface area contributed by atoms with Crippen molar-refractivity contribution in [2.75, 3.05) is 19.4 Å². The fraction of sp³-hybridized carbons (Fsp3) is 0.273. The van der Waals surface area contributed by atoms with Gasteiger partial charge in [0.25, 0.3) is 5.91 Å². The first-order valence-corrected chi connectivity index (χ1v) is 6.24. The highest BCUT2D eigenvalue weighted by Crippen LogP contribution is 2.21. The van der Waals surface area contributed by atoms with Crippen molar-refractivity contribution in [2.24, 2.45) is 0 Å². The number of thiocarbonyl (C=S) groups is 1. The number of nitrogens with zero attached hydrogens (tertiary/aromatic N) is 1. The van der Waals surface area contributed by atoms with Gasteiger partial charge in [0.1, 0.15) is 10.1 Å². The molecule has 0 N–H and O–H groups in total. The Morgan fingerprint density at radius 1 is 1.44 bits per heavy atom. The minimum absolute atomic E-state index is 0.0300. The van der Waals surface area contributed by atoms with Crippen molar-refractivity contribution in [3.63, 3.8) is 0 Å². The predicted octanol–water partition coefficient (Wildman–Crippen LogP) is 2.17. The molecule has 1 aromatic rings. The third-order valence-corrected chi connectivity index (χ3v) is 3.77. The molecule has 1 aromatic carbocycles. The van der Waals surface area contributed by atoms with Crippen molar-refractivity contribution in [1.29, 1.82) is 0 Å². The molecule has 1 fully saturated rings. The summed E-state index contributed by atoms with van der Waals surface area (Å²) in [5, 5.41) is 0. The van der Waals surface area contributed by atoms with E-state index >= 15 is 0 Å². The van der Waals surface area contributed by atoms with Crippen LogP contribution in [0.25, 0.3) is 0 Å². The summed E-state index contributed by atoms with van der Waals surface area (Å²) >= 11 is 6.66. The number of carbonyl (C=O) groups is 1. The Hall–Kier alpha value is -1.07. The SMILES string of the molecule is COc1ccc(C(=O)N2CCSC2=S)cc1. The second kappa shape index (κ2) is 4.84. The molecule has 0 radical (unpaired) electrons. The summed E-state index contributed by atoms with van der Waals surface area (Å²) in [6.45, 7) is 0.703. The lowest BCUT2D eigenvalue weighted by molar-refractivity contribution is 0.0861. The molecule has 0 spiro atoms. The number of carbonyl (C=O) groups excluding carboxylic acids is 1. The Kier molecular flexibility index (Phi) is 3.46. The van der Waals surface area contributed by atoms with Gasteiger partial charge in [0.05, 0.1) is 7.11 Å². The molecule has 0 bridgehead atoms. The number of methoxy groups -OCH3 is 1. The van der Waals surface area contributed by atoms with Crippen LogP contribution < -0.4 is 4.74 Å². The first-order valence-electron chi connectivity index (χ1n) is 4.85. The lowest BCUT2D eigenvalue weighted by Crippen LogP contribution is -2.30. The van der Waals surface area contributed by atoms with Gasteiger partial charge in [-0.3, -0.25) is 9.69 Å². The summed E-state index contributed by atoms with van der Waals surface area (Å²) < 4.78 is 5.71. The Labute approximate surface area is 104 Å². The Bertz CT molecular complexity index is 416. The molecule has 1 heterocycles. The molecule has 84 valence electrons. The van der Waals surface area contributed by atoms with Gasteiger partial charge in [0.15, 0.2) is 0 Å². The van der Waals surface area contributed by atoms with E-state index in [0.29, 0.717) is 16.4 Å². The lowest BCUT2D eigenvalue weighted by atomic mass is 10.2. The highest BCUT2D eigenvalue weighted by Gasteiger charge is 2.24. The summed E-state index contributed by atoms with van der Waals surface area (Å²) in [5.74, 6) is 1.60. The van der Waals surface area contributed by atoms with Crippen LogP contribution in [-0.2, 0) is 0 Å². The monoisotopic (exact) mass is 253 g/mol. The molecule has 0 aromatic heterocycles. The molecule has 0 atom stereocenters. The summed E-state index contributed by atoms with van der Waals surface area (Å²) in [5.41, 5.74) is 0.644. The molecule has 0 saturated carbocycles. The second-order valence-corrected chi connectivity index (χ2v) is 5.03. The van der Waals surface area contributed by atoms with E-state index in [-0.39, 0.29) is 5.91 Å². The van der Waals surface area contributed by atoms with Gasteiger partial charge >= 0.3 is 0 Å². The molecule has 0 unspecified atom stereocenters. The summed E-state index contributed by atoms with van der Waals surface area (Å²) in [6.07, 6.45) is 0. The molecular weight excluding hydrogens is 242 g/mol. The van der Waals surface area contributed by atoms with Crippen LogP contribution in [0.1, 0.15) is 10.4 Å². The van der Waals surface area contributed by atoms with Gasteiger partial charge in [-0.2, -0.15) is 0 Å². The third kappa shape index (κ3) is 2.20. The molecule has 0 aliphatic carbocycles. The van der Waals surface area contributed by atoms with Crippen molar-refractivity contribution in [3.05, 3.63) is 29.8 Å². The minimum atomic E-state index is -0.0300. The quantitative estimate of drug-likeness (QED) is 0.756. The van der Waals surface area contributed by atoms with E-state index < -0.39 is 0 Å². The van der Waals surface area contributed by atoms with Crippen LogP contribution >= 0.6 is 24.0 Å². The number of hydrogen-bond donors (Lipinski definition) is 0. The average molecular weight is 253 g/mol. The van der Waals surface area contributed by atoms with Crippen LogP contribution in [-0.4, -0.2) is 34.5 Å². The van der Waals surface area contributed by atoms with Crippen molar-refractivity contribution in [3.8, 4) is 5.75 Å². The largest absolute Gasteiger partial charge is 0.497 e. The number of amides is 1. The van der Waals surface area contributed by atoms with Gasteiger partial charge in [0.2, 0.25) is 0 Å². The van der Waals surface area contributed by atoms with E-state index in [0.717, 1.165) is 11.5 Å². The molecule has 2 rings (SSSR count). The van der Waals surface area contributed by atoms with Gasteiger partial charge in [-0.05, 0) is 24.3 Å². The Morgan fingerprint density at radius 3 is 2.62 bits per heavy atom. The molecule has 1 amide bonds. The third-order valence-electron chi connectivity index (χ3n) is 2.34. The number of hydrogen-bond acceptors (Lipinski definition) is 4. The van der Waals surface area contributed by atoms with E-state index in [1.807, 2.05) is 0 Å². The van der Waals surface area contributed by atoms with Gasteiger partial charge in [-0.15, -0.1) is 0 Å². The van der Waals surface area contributed by atoms with Crippen molar-refractivity contribution in [2.45, 2.75) is 0 Å². The predicted molar refractivity (Wildman–Crippen MR) is 69.1 cm³/mol. The van der Waals surface area contributed by atoms with Crippen LogP contribution in [0.15, 0.2) is 24.3 Å². The molecule has 3 nitrogen and oxygen atoms in total. The Morgan fingerprint density at radius 2 is 2.12 bits per heavy atom. The molecule has 1 aliphatic rings. The van der Waals surface area contributed by atoms with Crippen molar-refractivity contribution >= 4 is 34.2 Å². The maximum atomic E-state index is 12.0. The zero-order chi connectivity index (χ0) is 11.5. The summed E-state index contributed by atoms with van der Waals surface area (Å²) in [7, 11) is 1.60.